The van der Waals surface area contributed by atoms with Crippen molar-refractivity contribution in [3.8, 4) is 5.69 Å². The summed E-state index contributed by atoms with van der Waals surface area (Å²) in [5.41, 5.74) is 4.55. The number of hydrogen-bond acceptors (Lipinski definition) is 3. The zero-order chi connectivity index (χ0) is 19.9. The van der Waals surface area contributed by atoms with E-state index in [9.17, 15) is 4.79 Å². The van der Waals surface area contributed by atoms with Gasteiger partial charge in [-0.05, 0) is 24.6 Å². The van der Waals surface area contributed by atoms with Crippen LogP contribution in [0, 0.1) is 0 Å². The van der Waals surface area contributed by atoms with Crippen LogP contribution in [0.15, 0.2) is 85.5 Å². The van der Waals surface area contributed by atoms with Crippen LogP contribution in [0.3, 0.4) is 0 Å². The second-order valence-corrected chi connectivity index (χ2v) is 6.60. The molecule has 0 bridgehead atoms. The van der Waals surface area contributed by atoms with Crippen molar-refractivity contribution < 1.29 is 9.53 Å². The van der Waals surface area contributed by atoms with Gasteiger partial charge in [-0.1, -0.05) is 61.2 Å². The van der Waals surface area contributed by atoms with Gasteiger partial charge in [-0.15, -0.1) is 6.58 Å². The first-order valence-electron chi connectivity index (χ1n) is 9.22. The number of aromatic nitrogens is 2. The molecule has 4 heteroatoms. The molecule has 1 aromatic heterocycles. The average Bonchev–Trinajstić information content (AvgIpc) is 3.04. The highest BCUT2D eigenvalue weighted by Crippen LogP contribution is 2.23. The number of imidazole rings is 1. The molecule has 4 nitrogen and oxygen atoms in total. The standard InChI is InChI=1S/C24H24N2O2/c1-4-11-21-22(16-19-12-7-5-8-13-19)26(20-14-9-6-10-15-20)23(25-21)17-28-24(27)18(2)3/h4-10,12-15H,1-2,11,16-17H2,3H3. The first kappa shape index (κ1) is 19.4. The lowest BCUT2D eigenvalue weighted by atomic mass is 10.1. The summed E-state index contributed by atoms with van der Waals surface area (Å²) < 4.78 is 7.48. The highest BCUT2D eigenvalue weighted by Gasteiger charge is 2.19. The summed E-state index contributed by atoms with van der Waals surface area (Å²) in [6, 6.07) is 20.3. The SMILES string of the molecule is C=CCc1nc(COC(=O)C(=C)C)n(-c2ccccc2)c1Cc1ccccc1. The maximum absolute atomic E-state index is 11.9. The molecular formula is C24H24N2O2. The fourth-order valence-electron chi connectivity index (χ4n) is 3.06. The summed E-state index contributed by atoms with van der Waals surface area (Å²) in [6.45, 7) is 9.23. The van der Waals surface area contributed by atoms with Crippen molar-refractivity contribution in [1.29, 1.82) is 0 Å². The molecule has 0 saturated carbocycles. The fraction of sp³-hybridized carbons (Fsp3) is 0.167. The van der Waals surface area contributed by atoms with Gasteiger partial charge in [0.05, 0.1) is 11.4 Å². The summed E-state index contributed by atoms with van der Waals surface area (Å²) in [7, 11) is 0. The number of benzene rings is 2. The summed E-state index contributed by atoms with van der Waals surface area (Å²) in [5, 5.41) is 0. The quantitative estimate of drug-likeness (QED) is 0.324. The Labute approximate surface area is 165 Å². The zero-order valence-corrected chi connectivity index (χ0v) is 16.1. The third-order valence-corrected chi connectivity index (χ3v) is 4.37. The zero-order valence-electron chi connectivity index (χ0n) is 16.1. The van der Waals surface area contributed by atoms with Crippen LogP contribution in [-0.2, 0) is 29.0 Å². The Balaban J connectivity index is 2.07. The Morgan fingerprint density at radius 1 is 1.11 bits per heavy atom. The van der Waals surface area contributed by atoms with Gasteiger partial charge in [-0.3, -0.25) is 4.57 Å². The molecule has 2 aromatic carbocycles. The van der Waals surface area contributed by atoms with Gasteiger partial charge in [0.1, 0.15) is 6.61 Å². The number of hydrogen-bond donors (Lipinski definition) is 0. The van der Waals surface area contributed by atoms with Crippen LogP contribution in [-0.4, -0.2) is 15.5 Å². The first-order chi connectivity index (χ1) is 13.6. The summed E-state index contributed by atoms with van der Waals surface area (Å²) >= 11 is 0. The van der Waals surface area contributed by atoms with Crippen molar-refractivity contribution in [2.45, 2.75) is 26.4 Å². The minimum absolute atomic E-state index is 0.0829. The first-order valence-corrected chi connectivity index (χ1v) is 9.22. The molecule has 0 aliphatic carbocycles. The molecule has 0 fully saturated rings. The number of para-hydroxylation sites is 1. The van der Waals surface area contributed by atoms with Gasteiger partial charge >= 0.3 is 5.97 Å². The number of carbonyl (C=O) groups is 1. The molecular weight excluding hydrogens is 348 g/mol. The summed E-state index contributed by atoms with van der Waals surface area (Å²) in [5.74, 6) is 0.265. The molecule has 142 valence electrons. The van der Waals surface area contributed by atoms with E-state index in [1.54, 1.807) is 6.92 Å². The molecule has 3 aromatic rings. The second-order valence-electron chi connectivity index (χ2n) is 6.60. The van der Waals surface area contributed by atoms with Crippen LogP contribution in [0.4, 0.5) is 0 Å². The Kier molecular flexibility index (Phi) is 6.22. The summed E-state index contributed by atoms with van der Waals surface area (Å²) in [6.07, 6.45) is 3.21. The van der Waals surface area contributed by atoms with Gasteiger partial charge in [-0.25, -0.2) is 9.78 Å². The minimum Gasteiger partial charge on any atom is -0.454 e. The van der Waals surface area contributed by atoms with E-state index in [-0.39, 0.29) is 6.61 Å². The van der Waals surface area contributed by atoms with Gasteiger partial charge in [0.2, 0.25) is 0 Å². The molecule has 0 radical (unpaired) electrons. The van der Waals surface area contributed by atoms with Crippen molar-refractivity contribution in [1.82, 2.24) is 9.55 Å². The highest BCUT2D eigenvalue weighted by atomic mass is 16.5. The van der Waals surface area contributed by atoms with E-state index >= 15 is 0 Å². The lowest BCUT2D eigenvalue weighted by Gasteiger charge is -2.13. The molecule has 0 N–H and O–H groups in total. The van der Waals surface area contributed by atoms with E-state index in [1.807, 2.05) is 54.6 Å². The maximum Gasteiger partial charge on any atom is 0.333 e. The third-order valence-electron chi connectivity index (χ3n) is 4.37. The van der Waals surface area contributed by atoms with Gasteiger partial charge in [-0.2, -0.15) is 0 Å². The lowest BCUT2D eigenvalue weighted by molar-refractivity contribution is -0.140. The monoisotopic (exact) mass is 372 g/mol. The topological polar surface area (TPSA) is 44.1 Å². The number of rotatable bonds is 8. The Bertz CT molecular complexity index is 973. The Morgan fingerprint density at radius 3 is 2.36 bits per heavy atom. The van der Waals surface area contributed by atoms with Gasteiger partial charge in [0.25, 0.3) is 0 Å². The van der Waals surface area contributed by atoms with Crippen LogP contribution in [0.1, 0.15) is 29.7 Å². The Hall–Kier alpha value is -3.40. The highest BCUT2D eigenvalue weighted by molar-refractivity contribution is 5.86. The molecule has 1 heterocycles. The minimum atomic E-state index is -0.419. The van der Waals surface area contributed by atoms with Crippen molar-refractivity contribution in [3.05, 3.63) is 108 Å². The molecule has 0 amide bonds. The molecule has 0 atom stereocenters. The number of esters is 1. The number of allylic oxidation sites excluding steroid dienone is 1. The summed E-state index contributed by atoms with van der Waals surface area (Å²) in [4.78, 5) is 16.7. The lowest BCUT2D eigenvalue weighted by Crippen LogP contribution is -2.11. The van der Waals surface area contributed by atoms with Crippen LogP contribution >= 0.6 is 0 Å². The van der Waals surface area contributed by atoms with E-state index in [0.29, 0.717) is 17.8 Å². The van der Waals surface area contributed by atoms with Gasteiger partial charge in [0.15, 0.2) is 5.82 Å². The average molecular weight is 372 g/mol. The van der Waals surface area contributed by atoms with Gasteiger partial charge in [0, 0.05) is 24.1 Å². The fourth-order valence-corrected chi connectivity index (χ4v) is 3.06. The van der Waals surface area contributed by atoms with Crippen molar-refractivity contribution >= 4 is 5.97 Å². The third kappa shape index (κ3) is 4.46. The van der Waals surface area contributed by atoms with Crippen LogP contribution in [0.5, 0.6) is 0 Å². The van der Waals surface area contributed by atoms with Crippen LogP contribution in [0.2, 0.25) is 0 Å². The molecule has 0 aliphatic rings. The predicted molar refractivity (Wildman–Crippen MR) is 111 cm³/mol. The van der Waals surface area contributed by atoms with Crippen LogP contribution in [0.25, 0.3) is 5.69 Å². The van der Waals surface area contributed by atoms with Crippen molar-refractivity contribution in [3.63, 3.8) is 0 Å². The van der Waals surface area contributed by atoms with Crippen LogP contribution < -0.4 is 0 Å². The smallest absolute Gasteiger partial charge is 0.333 e. The second kappa shape index (κ2) is 9.00. The maximum atomic E-state index is 11.9. The van der Waals surface area contributed by atoms with E-state index < -0.39 is 5.97 Å². The van der Waals surface area contributed by atoms with E-state index in [2.05, 4.69) is 29.9 Å². The molecule has 0 aliphatic heterocycles. The largest absolute Gasteiger partial charge is 0.454 e. The molecule has 0 unspecified atom stereocenters. The predicted octanol–water partition coefficient (Wildman–Crippen LogP) is 4.81. The number of carbonyl (C=O) groups excluding carboxylic acids is 1. The van der Waals surface area contributed by atoms with E-state index in [1.165, 1.54) is 5.56 Å². The molecule has 0 spiro atoms. The number of nitrogens with zero attached hydrogens (tertiary/aromatic N) is 2. The van der Waals surface area contributed by atoms with Crippen molar-refractivity contribution in [2.75, 3.05) is 0 Å². The normalized spacial score (nSPS) is 10.5. The molecule has 0 saturated heterocycles. The molecule has 3 rings (SSSR count). The number of ether oxygens (including phenoxy) is 1. The van der Waals surface area contributed by atoms with Gasteiger partial charge < -0.3 is 4.74 Å². The molecule has 28 heavy (non-hydrogen) atoms. The van der Waals surface area contributed by atoms with Crippen molar-refractivity contribution in [2.24, 2.45) is 0 Å². The van der Waals surface area contributed by atoms with E-state index in [4.69, 9.17) is 9.72 Å². The Morgan fingerprint density at radius 2 is 1.75 bits per heavy atom. The van der Waals surface area contributed by atoms with E-state index in [0.717, 1.165) is 23.5 Å².